The number of pyridine rings is 1. The second-order valence-corrected chi connectivity index (χ2v) is 6.74. The van der Waals surface area contributed by atoms with Gasteiger partial charge in [0.2, 0.25) is 5.71 Å². The van der Waals surface area contributed by atoms with Crippen LogP contribution in [0.3, 0.4) is 0 Å². The fourth-order valence-electron chi connectivity index (χ4n) is 2.77. The van der Waals surface area contributed by atoms with Crippen LogP contribution in [0.4, 0.5) is 0 Å². The Morgan fingerprint density at radius 2 is 1.80 bits per heavy atom. The third-order valence-electron chi connectivity index (χ3n) is 4.12. The van der Waals surface area contributed by atoms with Crippen molar-refractivity contribution in [2.45, 2.75) is 20.8 Å². The van der Waals surface area contributed by atoms with Crippen molar-refractivity contribution in [2.24, 2.45) is 0 Å². The summed E-state index contributed by atoms with van der Waals surface area (Å²) in [5, 5.41) is 9.37. The molecule has 0 fully saturated rings. The number of rotatable bonds is 3. The first-order valence-corrected chi connectivity index (χ1v) is 9.25. The van der Waals surface area contributed by atoms with Crippen LogP contribution in [-0.2, 0) is 24.9 Å². The number of aliphatic hydroxyl groups is 1. The number of allylic oxidation sites excluding steroid dienone is 2. The minimum absolute atomic E-state index is 0. The van der Waals surface area contributed by atoms with Gasteiger partial charge in [0.15, 0.2) is 5.78 Å². The van der Waals surface area contributed by atoms with Gasteiger partial charge in [-0.2, -0.15) is 0 Å². The molecular formula is C25H22IrNO3-. The fourth-order valence-corrected chi connectivity index (χ4v) is 2.77. The summed E-state index contributed by atoms with van der Waals surface area (Å²) in [5.74, 6) is 0.782. The molecule has 0 aliphatic rings. The Morgan fingerprint density at radius 3 is 2.37 bits per heavy atom. The number of carbonyl (C=O) groups excluding carboxylic acids is 1. The Morgan fingerprint density at radius 1 is 1.07 bits per heavy atom. The Hall–Kier alpha value is -3.01. The van der Waals surface area contributed by atoms with Crippen molar-refractivity contribution in [1.29, 1.82) is 0 Å². The average molecular weight is 577 g/mol. The van der Waals surface area contributed by atoms with E-state index in [9.17, 15) is 4.79 Å². The van der Waals surface area contributed by atoms with Gasteiger partial charge in [0.25, 0.3) is 0 Å². The maximum Gasteiger partial charge on any atom is 0.217 e. The van der Waals surface area contributed by atoms with Gasteiger partial charge in [-0.25, -0.2) is 0 Å². The molecular weight excluding hydrogens is 554 g/mol. The first-order chi connectivity index (χ1) is 13.9. The zero-order valence-electron chi connectivity index (χ0n) is 17.0. The zero-order chi connectivity index (χ0) is 20.8. The van der Waals surface area contributed by atoms with E-state index in [-0.39, 0.29) is 31.6 Å². The average Bonchev–Trinajstić information content (AvgIpc) is 3.12. The quantitative estimate of drug-likeness (QED) is 0.177. The number of hydrogen-bond acceptors (Lipinski definition) is 4. The first-order valence-electron chi connectivity index (χ1n) is 9.25. The largest absolute Gasteiger partial charge is 0.512 e. The summed E-state index contributed by atoms with van der Waals surface area (Å²) in [6, 6.07) is 25.4. The molecule has 2 heterocycles. The van der Waals surface area contributed by atoms with E-state index >= 15 is 0 Å². The molecule has 4 rings (SSSR count). The monoisotopic (exact) mass is 577 g/mol. The Kier molecular flexibility index (Phi) is 8.28. The van der Waals surface area contributed by atoms with Crippen molar-refractivity contribution >= 4 is 16.9 Å². The van der Waals surface area contributed by atoms with Gasteiger partial charge < -0.3 is 9.52 Å². The number of fused-ring (bicyclic) bond motifs is 1. The van der Waals surface area contributed by atoms with Gasteiger partial charge in [-0.1, -0.05) is 42.0 Å². The molecule has 1 N–H and O–H groups in total. The van der Waals surface area contributed by atoms with Crippen molar-refractivity contribution in [2.75, 3.05) is 0 Å². The molecule has 5 heteroatoms. The molecule has 2 aromatic heterocycles. The molecule has 4 aromatic rings. The molecule has 0 unspecified atom stereocenters. The molecule has 4 nitrogen and oxygen atoms in total. The van der Waals surface area contributed by atoms with Crippen LogP contribution in [0.2, 0.25) is 0 Å². The summed E-state index contributed by atoms with van der Waals surface area (Å²) in [5.41, 5.74) is 4.80. The maximum absolute atomic E-state index is 10.0. The Labute approximate surface area is 189 Å². The van der Waals surface area contributed by atoms with Crippen molar-refractivity contribution in [3.05, 3.63) is 90.2 Å². The normalized spacial score (nSPS) is 10.7. The molecule has 0 atom stereocenters. The molecule has 0 saturated carbocycles. The van der Waals surface area contributed by atoms with E-state index in [2.05, 4.69) is 42.2 Å². The number of aromatic nitrogens is 1. The van der Waals surface area contributed by atoms with Crippen LogP contribution in [0.25, 0.3) is 33.7 Å². The van der Waals surface area contributed by atoms with Gasteiger partial charge in [-0.05, 0) is 32.5 Å². The molecule has 0 aliphatic heterocycles. The van der Waals surface area contributed by atoms with E-state index in [4.69, 9.17) is 9.52 Å². The molecule has 0 bridgehead atoms. The van der Waals surface area contributed by atoms with E-state index in [1.54, 1.807) is 0 Å². The third kappa shape index (κ3) is 6.24. The van der Waals surface area contributed by atoms with Gasteiger partial charge in [0.1, 0.15) is 5.76 Å². The van der Waals surface area contributed by atoms with Gasteiger partial charge in [-0.15, -0.1) is 35.9 Å². The predicted octanol–water partition coefficient (Wildman–Crippen LogP) is 6.31. The second-order valence-electron chi connectivity index (χ2n) is 6.74. The summed E-state index contributed by atoms with van der Waals surface area (Å²) < 4.78 is 5.93. The van der Waals surface area contributed by atoms with E-state index in [0.717, 1.165) is 28.0 Å². The fraction of sp³-hybridized carbons (Fsp3) is 0.120. The van der Waals surface area contributed by atoms with Gasteiger partial charge in [0.05, 0.1) is 5.76 Å². The zero-order valence-corrected chi connectivity index (χ0v) is 19.4. The summed E-state index contributed by atoms with van der Waals surface area (Å²) >= 11 is 0. The van der Waals surface area contributed by atoms with E-state index in [0.29, 0.717) is 5.71 Å². The van der Waals surface area contributed by atoms with Crippen LogP contribution in [-0.4, -0.2) is 15.9 Å². The number of ketones is 1. The van der Waals surface area contributed by atoms with E-state index < -0.39 is 0 Å². The molecule has 30 heavy (non-hydrogen) atoms. The van der Waals surface area contributed by atoms with Crippen molar-refractivity contribution < 1.29 is 34.4 Å². The van der Waals surface area contributed by atoms with Crippen LogP contribution >= 0.6 is 0 Å². The van der Waals surface area contributed by atoms with Crippen LogP contribution in [0.1, 0.15) is 19.4 Å². The molecule has 0 spiro atoms. The summed E-state index contributed by atoms with van der Waals surface area (Å²) in [6.07, 6.45) is 1.17. The summed E-state index contributed by atoms with van der Waals surface area (Å²) in [6.45, 7) is 4.92. The summed E-state index contributed by atoms with van der Waals surface area (Å²) in [4.78, 5) is 14.6. The molecule has 2 aromatic carbocycles. The van der Waals surface area contributed by atoms with Crippen molar-refractivity contribution in [3.63, 3.8) is 0 Å². The van der Waals surface area contributed by atoms with Gasteiger partial charge in [0, 0.05) is 37.1 Å². The van der Waals surface area contributed by atoms with Crippen LogP contribution in [0.15, 0.2) is 83.0 Å². The number of aliphatic hydroxyl groups excluding tert-OH is 1. The summed E-state index contributed by atoms with van der Waals surface area (Å²) in [7, 11) is 0. The standard InChI is InChI=1S/C20H14NO.C5H8O2.Ir/c1-14-7-9-16(10-8-14)19-13-17-11-12-18(21-20(17)22-19)15-5-3-2-4-6-15;1-4(6)3-5(2)7;/h2-5,7-13H,1H3;3,6H,1-2H3;/q-1;;/b;4-3-;. The van der Waals surface area contributed by atoms with E-state index in [1.165, 1.54) is 25.5 Å². The number of aryl methyl sites for hydroxylation is 1. The number of benzene rings is 2. The third-order valence-corrected chi connectivity index (χ3v) is 4.12. The Bertz CT molecular complexity index is 1140. The topological polar surface area (TPSA) is 63.3 Å². The second kappa shape index (κ2) is 10.7. The molecule has 155 valence electrons. The van der Waals surface area contributed by atoms with Crippen LogP contribution in [0.5, 0.6) is 0 Å². The molecule has 1 radical (unpaired) electrons. The molecule has 0 amide bonds. The number of carbonyl (C=O) groups is 1. The molecule has 0 aliphatic carbocycles. The number of furan rings is 1. The van der Waals surface area contributed by atoms with Crippen LogP contribution < -0.4 is 0 Å². The smallest absolute Gasteiger partial charge is 0.217 e. The SMILES string of the molecule is CC(=O)/C=C(/C)O.Cc1ccc(-c2cc3ccc(-c4[c-]cccc4)nc3o2)cc1.[Ir]. The number of hydrogen-bond donors (Lipinski definition) is 1. The van der Waals surface area contributed by atoms with Crippen molar-refractivity contribution in [3.8, 4) is 22.6 Å². The molecule has 0 saturated heterocycles. The van der Waals surface area contributed by atoms with Gasteiger partial charge >= 0.3 is 0 Å². The maximum atomic E-state index is 10.0. The first kappa shape index (κ1) is 23.3. The minimum Gasteiger partial charge on any atom is -0.512 e. The van der Waals surface area contributed by atoms with Crippen molar-refractivity contribution in [1.82, 2.24) is 4.98 Å². The Balaban J connectivity index is 0.000000350. The van der Waals surface area contributed by atoms with Gasteiger partial charge in [-0.3, -0.25) is 9.78 Å². The minimum atomic E-state index is -0.125. The van der Waals surface area contributed by atoms with E-state index in [1.807, 2.05) is 42.5 Å². The van der Waals surface area contributed by atoms with Crippen LogP contribution in [0, 0.1) is 13.0 Å². The predicted molar refractivity (Wildman–Crippen MR) is 116 cm³/mol. The number of nitrogens with zero attached hydrogens (tertiary/aromatic N) is 1.